The number of hydrogen-bond donors (Lipinski definition) is 2. The van der Waals surface area contributed by atoms with Gasteiger partial charge in [0.15, 0.2) is 0 Å². The minimum Gasteiger partial charge on any atom is -0.495 e. The van der Waals surface area contributed by atoms with Crippen LogP contribution in [-0.4, -0.2) is 19.2 Å². The van der Waals surface area contributed by atoms with Crippen molar-refractivity contribution in [1.29, 1.82) is 0 Å². The second kappa shape index (κ2) is 5.88. The molecule has 0 unspecified atom stereocenters. The summed E-state index contributed by atoms with van der Waals surface area (Å²) in [5.74, 6) is 1.86. The molecule has 6 heteroatoms. The van der Waals surface area contributed by atoms with Crippen molar-refractivity contribution in [1.82, 2.24) is 4.98 Å². The zero-order valence-corrected chi connectivity index (χ0v) is 12.3. The van der Waals surface area contributed by atoms with Crippen molar-refractivity contribution in [3.05, 3.63) is 35.0 Å². The van der Waals surface area contributed by atoms with Gasteiger partial charge in [0.2, 0.25) is 0 Å². The number of methoxy groups -OCH3 is 2. The van der Waals surface area contributed by atoms with Gasteiger partial charge in [0.25, 0.3) is 0 Å². The van der Waals surface area contributed by atoms with Crippen molar-refractivity contribution < 1.29 is 9.47 Å². The second-order valence-corrected chi connectivity index (χ2v) is 4.65. The van der Waals surface area contributed by atoms with Crippen molar-refractivity contribution in [2.24, 2.45) is 0 Å². The number of anilines is 3. The Morgan fingerprint density at radius 2 is 1.85 bits per heavy atom. The molecule has 3 N–H and O–H groups in total. The van der Waals surface area contributed by atoms with Crippen LogP contribution in [0.2, 0.25) is 5.02 Å². The van der Waals surface area contributed by atoms with E-state index in [0.29, 0.717) is 33.7 Å². The summed E-state index contributed by atoms with van der Waals surface area (Å²) < 4.78 is 10.5. The number of hydrogen-bond acceptors (Lipinski definition) is 5. The number of nitrogens with zero attached hydrogens (tertiary/aromatic N) is 1. The van der Waals surface area contributed by atoms with Gasteiger partial charge in [-0.2, -0.15) is 0 Å². The first-order chi connectivity index (χ1) is 9.55. The molecule has 0 bridgehead atoms. The van der Waals surface area contributed by atoms with Gasteiger partial charge in [-0.05, 0) is 24.6 Å². The molecule has 2 aromatic rings. The highest BCUT2D eigenvalue weighted by Crippen LogP contribution is 2.37. The number of benzene rings is 1. The molecule has 0 atom stereocenters. The van der Waals surface area contributed by atoms with Gasteiger partial charge in [0.05, 0.1) is 36.8 Å². The van der Waals surface area contributed by atoms with E-state index in [1.165, 1.54) is 0 Å². The maximum Gasteiger partial charge on any atom is 0.146 e. The molecular weight excluding hydrogens is 278 g/mol. The van der Waals surface area contributed by atoms with Gasteiger partial charge in [-0.25, -0.2) is 4.98 Å². The van der Waals surface area contributed by atoms with E-state index in [1.807, 2.05) is 13.0 Å². The Kier molecular flexibility index (Phi) is 4.20. The van der Waals surface area contributed by atoms with Gasteiger partial charge in [0.1, 0.15) is 17.3 Å². The van der Waals surface area contributed by atoms with Crippen LogP contribution in [0.3, 0.4) is 0 Å². The molecule has 106 valence electrons. The van der Waals surface area contributed by atoms with E-state index in [2.05, 4.69) is 10.3 Å². The first kappa shape index (κ1) is 14.3. The minimum atomic E-state index is 0.490. The van der Waals surface area contributed by atoms with Crippen LogP contribution in [0.4, 0.5) is 17.2 Å². The van der Waals surface area contributed by atoms with E-state index in [1.54, 1.807) is 32.5 Å². The fourth-order valence-electron chi connectivity index (χ4n) is 1.81. The molecule has 1 heterocycles. The van der Waals surface area contributed by atoms with Crippen LogP contribution in [0.15, 0.2) is 24.4 Å². The summed E-state index contributed by atoms with van der Waals surface area (Å²) in [5, 5.41) is 3.67. The highest BCUT2D eigenvalue weighted by molar-refractivity contribution is 6.32. The zero-order chi connectivity index (χ0) is 14.7. The van der Waals surface area contributed by atoms with Crippen molar-refractivity contribution in [2.45, 2.75) is 6.92 Å². The average molecular weight is 294 g/mol. The van der Waals surface area contributed by atoms with Crippen molar-refractivity contribution in [3.63, 3.8) is 0 Å². The SMILES string of the molecule is COc1cc(OC)c(Nc2ncc(N)cc2C)cc1Cl. The molecular formula is C14H16ClN3O2. The summed E-state index contributed by atoms with van der Waals surface area (Å²) in [5.41, 5.74) is 7.94. The molecule has 5 nitrogen and oxygen atoms in total. The Bertz CT molecular complexity index is 632. The van der Waals surface area contributed by atoms with E-state index in [-0.39, 0.29) is 0 Å². The number of ether oxygens (including phenoxy) is 2. The van der Waals surface area contributed by atoms with Crippen LogP contribution in [0.1, 0.15) is 5.56 Å². The Hall–Kier alpha value is -2.14. The third-order valence-corrected chi connectivity index (χ3v) is 3.12. The maximum absolute atomic E-state index is 6.13. The fourth-order valence-corrected chi connectivity index (χ4v) is 2.05. The molecule has 20 heavy (non-hydrogen) atoms. The second-order valence-electron chi connectivity index (χ2n) is 4.25. The molecule has 0 radical (unpaired) electrons. The highest BCUT2D eigenvalue weighted by atomic mass is 35.5. The lowest BCUT2D eigenvalue weighted by atomic mass is 10.2. The molecule has 0 saturated heterocycles. The van der Waals surface area contributed by atoms with Crippen LogP contribution in [0, 0.1) is 6.92 Å². The summed E-state index contributed by atoms with van der Waals surface area (Å²) in [7, 11) is 3.14. The van der Waals surface area contributed by atoms with Crippen molar-refractivity contribution >= 4 is 28.8 Å². The first-order valence-corrected chi connectivity index (χ1v) is 6.33. The fraction of sp³-hybridized carbons (Fsp3) is 0.214. The Balaban J connectivity index is 2.40. The third kappa shape index (κ3) is 2.88. The maximum atomic E-state index is 6.13. The number of nitrogens with two attached hydrogens (primary N) is 1. The number of halogens is 1. The monoisotopic (exact) mass is 293 g/mol. The van der Waals surface area contributed by atoms with Gasteiger partial charge in [-0.3, -0.25) is 0 Å². The van der Waals surface area contributed by atoms with E-state index in [0.717, 1.165) is 5.56 Å². The number of nitrogen functional groups attached to an aromatic ring is 1. The molecule has 0 amide bonds. The quantitative estimate of drug-likeness (QED) is 0.904. The lowest BCUT2D eigenvalue weighted by molar-refractivity contribution is 0.396. The third-order valence-electron chi connectivity index (χ3n) is 2.83. The summed E-state index contributed by atoms with van der Waals surface area (Å²) in [6, 6.07) is 5.29. The van der Waals surface area contributed by atoms with Crippen molar-refractivity contribution in [3.8, 4) is 11.5 Å². The lowest BCUT2D eigenvalue weighted by Gasteiger charge is -2.14. The van der Waals surface area contributed by atoms with Crippen LogP contribution in [0.5, 0.6) is 11.5 Å². The molecule has 0 fully saturated rings. The van der Waals surface area contributed by atoms with Gasteiger partial charge >= 0.3 is 0 Å². The van der Waals surface area contributed by atoms with Gasteiger partial charge in [0, 0.05) is 6.07 Å². The normalized spacial score (nSPS) is 10.2. The standard InChI is InChI=1S/C14H16ClN3O2/c1-8-4-9(16)7-17-14(8)18-11-5-10(15)12(19-2)6-13(11)20-3/h4-7H,16H2,1-3H3,(H,17,18). The molecule has 2 rings (SSSR count). The topological polar surface area (TPSA) is 69.4 Å². The Labute approximate surface area is 122 Å². The molecule has 1 aromatic carbocycles. The summed E-state index contributed by atoms with van der Waals surface area (Å²) in [6.45, 7) is 1.92. The van der Waals surface area contributed by atoms with Crippen LogP contribution >= 0.6 is 11.6 Å². The molecule has 0 saturated carbocycles. The molecule has 0 aliphatic heterocycles. The zero-order valence-electron chi connectivity index (χ0n) is 11.5. The Morgan fingerprint density at radius 3 is 2.45 bits per heavy atom. The smallest absolute Gasteiger partial charge is 0.146 e. The van der Waals surface area contributed by atoms with Gasteiger partial charge in [-0.15, -0.1) is 0 Å². The summed E-state index contributed by atoms with van der Waals surface area (Å²) >= 11 is 6.13. The predicted molar refractivity (Wildman–Crippen MR) is 81.2 cm³/mol. The summed E-state index contributed by atoms with van der Waals surface area (Å²) in [6.07, 6.45) is 1.59. The first-order valence-electron chi connectivity index (χ1n) is 5.95. The van der Waals surface area contributed by atoms with Crippen molar-refractivity contribution in [2.75, 3.05) is 25.3 Å². The number of pyridine rings is 1. The minimum absolute atomic E-state index is 0.490. The lowest BCUT2D eigenvalue weighted by Crippen LogP contribution is -2.00. The Morgan fingerprint density at radius 1 is 1.15 bits per heavy atom. The van der Waals surface area contributed by atoms with E-state index < -0.39 is 0 Å². The van der Waals surface area contributed by atoms with E-state index in [4.69, 9.17) is 26.8 Å². The van der Waals surface area contributed by atoms with Crippen LogP contribution in [0.25, 0.3) is 0 Å². The molecule has 0 aliphatic carbocycles. The summed E-state index contributed by atoms with van der Waals surface area (Å²) in [4.78, 5) is 4.25. The average Bonchev–Trinajstić information content (AvgIpc) is 2.42. The number of aromatic nitrogens is 1. The number of aryl methyl sites for hydroxylation is 1. The van der Waals surface area contributed by atoms with Gasteiger partial charge in [-0.1, -0.05) is 11.6 Å². The van der Waals surface area contributed by atoms with Gasteiger partial charge < -0.3 is 20.5 Å². The van der Waals surface area contributed by atoms with Crippen LogP contribution < -0.4 is 20.5 Å². The largest absolute Gasteiger partial charge is 0.495 e. The molecule has 1 aromatic heterocycles. The number of nitrogens with one attached hydrogen (secondary N) is 1. The van der Waals surface area contributed by atoms with E-state index in [9.17, 15) is 0 Å². The highest BCUT2D eigenvalue weighted by Gasteiger charge is 2.11. The molecule has 0 spiro atoms. The van der Waals surface area contributed by atoms with E-state index >= 15 is 0 Å². The molecule has 0 aliphatic rings. The predicted octanol–water partition coefficient (Wildman–Crippen LogP) is 3.39. The van der Waals surface area contributed by atoms with Crippen LogP contribution in [-0.2, 0) is 0 Å². The number of rotatable bonds is 4.